The molecule has 0 spiro atoms. The van der Waals surface area contributed by atoms with Gasteiger partial charge in [0.25, 0.3) is 0 Å². The number of hydrogen-bond acceptors (Lipinski definition) is 5. The fourth-order valence-electron chi connectivity index (χ4n) is 4.07. The number of aromatic carboxylic acids is 1. The summed E-state index contributed by atoms with van der Waals surface area (Å²) in [4.78, 5) is 17.6. The van der Waals surface area contributed by atoms with Crippen molar-refractivity contribution < 1.29 is 14.6 Å². The number of anilines is 2. The molecule has 32 heavy (non-hydrogen) atoms. The highest BCUT2D eigenvalue weighted by Crippen LogP contribution is 2.31. The molecular formula is C26H29N3O3. The van der Waals surface area contributed by atoms with Gasteiger partial charge < -0.3 is 20.1 Å². The number of pyridine rings is 1. The monoisotopic (exact) mass is 431 g/mol. The minimum Gasteiger partial charge on any atom is -0.489 e. The number of fused-ring (bicyclic) bond motifs is 1. The predicted molar refractivity (Wildman–Crippen MR) is 126 cm³/mol. The molecule has 3 aromatic rings. The highest BCUT2D eigenvalue weighted by atomic mass is 16.5. The molecule has 4 rings (SSSR count). The summed E-state index contributed by atoms with van der Waals surface area (Å²) in [7, 11) is 2.09. The van der Waals surface area contributed by atoms with Crippen LogP contribution in [0.25, 0.3) is 0 Å². The van der Waals surface area contributed by atoms with Gasteiger partial charge in [-0.05, 0) is 65.9 Å². The Morgan fingerprint density at radius 3 is 2.66 bits per heavy atom. The van der Waals surface area contributed by atoms with E-state index >= 15 is 0 Å². The van der Waals surface area contributed by atoms with Crippen LogP contribution >= 0.6 is 0 Å². The Balaban J connectivity index is 1.51. The van der Waals surface area contributed by atoms with Crippen LogP contribution in [0.5, 0.6) is 5.75 Å². The van der Waals surface area contributed by atoms with Crippen molar-refractivity contribution in [3.63, 3.8) is 0 Å². The van der Waals surface area contributed by atoms with E-state index in [1.807, 2.05) is 0 Å². The van der Waals surface area contributed by atoms with Crippen LogP contribution in [0.4, 0.5) is 11.4 Å². The number of aromatic nitrogens is 1. The normalized spacial score (nSPS) is 15.3. The molecule has 2 aromatic carbocycles. The lowest BCUT2D eigenvalue weighted by atomic mass is 9.94. The van der Waals surface area contributed by atoms with E-state index < -0.39 is 5.97 Å². The Labute approximate surface area is 188 Å². The Morgan fingerprint density at radius 1 is 1.19 bits per heavy atom. The van der Waals surface area contributed by atoms with E-state index in [2.05, 4.69) is 78.6 Å². The number of carboxylic acid groups (broad SMARTS) is 1. The van der Waals surface area contributed by atoms with E-state index in [9.17, 15) is 9.90 Å². The van der Waals surface area contributed by atoms with Crippen molar-refractivity contribution in [3.8, 4) is 5.75 Å². The molecule has 2 heterocycles. The van der Waals surface area contributed by atoms with Crippen LogP contribution in [-0.2, 0) is 6.42 Å². The van der Waals surface area contributed by atoms with Gasteiger partial charge in [0.15, 0.2) is 5.75 Å². The van der Waals surface area contributed by atoms with Gasteiger partial charge in [-0.2, -0.15) is 0 Å². The Hall–Kier alpha value is -3.38. The molecule has 0 unspecified atom stereocenters. The Morgan fingerprint density at radius 2 is 1.94 bits per heavy atom. The van der Waals surface area contributed by atoms with E-state index in [-0.39, 0.29) is 17.4 Å². The molecule has 0 bridgehead atoms. The highest BCUT2D eigenvalue weighted by molar-refractivity contribution is 5.90. The number of nitrogens with one attached hydrogen (secondary N) is 1. The summed E-state index contributed by atoms with van der Waals surface area (Å²) >= 11 is 0. The highest BCUT2D eigenvalue weighted by Gasteiger charge is 2.22. The largest absolute Gasteiger partial charge is 0.489 e. The third-order valence-electron chi connectivity index (χ3n) is 6.04. The first-order valence-electron chi connectivity index (χ1n) is 10.9. The average molecular weight is 432 g/mol. The van der Waals surface area contributed by atoms with E-state index in [1.54, 1.807) is 0 Å². The molecule has 2 N–H and O–H groups in total. The van der Waals surface area contributed by atoms with Gasteiger partial charge in [-0.25, -0.2) is 4.79 Å². The summed E-state index contributed by atoms with van der Waals surface area (Å²) < 4.78 is 5.86. The quantitative estimate of drug-likeness (QED) is 0.552. The molecule has 1 atom stereocenters. The number of rotatable bonds is 7. The molecule has 1 aliphatic rings. The maximum absolute atomic E-state index is 11.4. The van der Waals surface area contributed by atoms with Crippen LogP contribution in [0.3, 0.4) is 0 Å². The zero-order chi connectivity index (χ0) is 22.7. The number of ether oxygens (including phenoxy) is 1. The summed E-state index contributed by atoms with van der Waals surface area (Å²) in [5, 5.41) is 12.8. The van der Waals surface area contributed by atoms with Crippen molar-refractivity contribution in [1.82, 2.24) is 10.3 Å². The van der Waals surface area contributed by atoms with Crippen molar-refractivity contribution in [2.75, 3.05) is 25.1 Å². The molecule has 6 heteroatoms. The number of benzene rings is 2. The van der Waals surface area contributed by atoms with Crippen molar-refractivity contribution in [3.05, 3.63) is 83.2 Å². The first-order valence-corrected chi connectivity index (χ1v) is 10.9. The summed E-state index contributed by atoms with van der Waals surface area (Å²) in [6.45, 7) is 5.58. The van der Waals surface area contributed by atoms with Gasteiger partial charge in [-0.3, -0.25) is 4.98 Å². The number of hydrogen-bond donors (Lipinski definition) is 2. The molecule has 0 aliphatic carbocycles. The van der Waals surface area contributed by atoms with E-state index in [0.29, 0.717) is 12.5 Å². The van der Waals surface area contributed by atoms with Crippen molar-refractivity contribution in [2.45, 2.75) is 32.2 Å². The van der Waals surface area contributed by atoms with Gasteiger partial charge >= 0.3 is 5.97 Å². The zero-order valence-electron chi connectivity index (χ0n) is 18.7. The molecule has 1 aliphatic heterocycles. The van der Waals surface area contributed by atoms with Crippen LogP contribution in [0.1, 0.15) is 52.9 Å². The maximum atomic E-state index is 11.4. The Bertz CT molecular complexity index is 1100. The minimum atomic E-state index is -1.02. The van der Waals surface area contributed by atoms with E-state index in [4.69, 9.17) is 4.74 Å². The van der Waals surface area contributed by atoms with Crippen LogP contribution in [0, 0.1) is 0 Å². The fraction of sp³-hybridized carbons (Fsp3) is 0.308. The first kappa shape index (κ1) is 21.8. The molecule has 1 aromatic heterocycles. The SMILES string of the molecule is CC(C)c1ccc(N(C)c2ccc3c(c2)CCN[C@@H]3COc2cnccc2C(=O)O)cc1. The van der Waals surface area contributed by atoms with Crippen LogP contribution in [0.2, 0.25) is 0 Å². The lowest BCUT2D eigenvalue weighted by molar-refractivity contribution is 0.0691. The first-order chi connectivity index (χ1) is 15.4. The van der Waals surface area contributed by atoms with E-state index in [1.165, 1.54) is 35.2 Å². The molecule has 0 radical (unpaired) electrons. The van der Waals surface area contributed by atoms with Crippen molar-refractivity contribution >= 4 is 17.3 Å². The van der Waals surface area contributed by atoms with Crippen LogP contribution in [0.15, 0.2) is 60.9 Å². The number of carboxylic acids is 1. The Kier molecular flexibility index (Phi) is 6.42. The molecule has 0 fully saturated rings. The van der Waals surface area contributed by atoms with Crippen LogP contribution < -0.4 is 15.0 Å². The number of nitrogens with zero attached hydrogens (tertiary/aromatic N) is 2. The second-order valence-corrected chi connectivity index (χ2v) is 8.43. The third kappa shape index (κ3) is 4.60. The minimum absolute atomic E-state index is 0.00900. The van der Waals surface area contributed by atoms with Gasteiger partial charge in [-0.1, -0.05) is 32.0 Å². The number of carbonyl (C=O) groups is 1. The molecule has 6 nitrogen and oxygen atoms in total. The maximum Gasteiger partial charge on any atom is 0.339 e. The smallest absolute Gasteiger partial charge is 0.339 e. The second kappa shape index (κ2) is 9.40. The van der Waals surface area contributed by atoms with Crippen molar-refractivity contribution in [1.29, 1.82) is 0 Å². The second-order valence-electron chi connectivity index (χ2n) is 8.43. The fourth-order valence-corrected chi connectivity index (χ4v) is 4.07. The lowest BCUT2D eigenvalue weighted by Gasteiger charge is -2.29. The summed E-state index contributed by atoms with van der Waals surface area (Å²) in [6.07, 6.45) is 3.85. The molecule has 0 saturated heterocycles. The summed E-state index contributed by atoms with van der Waals surface area (Å²) in [6, 6.07) is 16.7. The molecule has 0 amide bonds. The van der Waals surface area contributed by atoms with E-state index in [0.717, 1.165) is 24.3 Å². The topological polar surface area (TPSA) is 74.7 Å². The van der Waals surface area contributed by atoms with Gasteiger partial charge in [0.1, 0.15) is 12.2 Å². The lowest BCUT2D eigenvalue weighted by Crippen LogP contribution is -2.34. The summed E-state index contributed by atoms with van der Waals surface area (Å²) in [5.41, 5.74) is 6.22. The standard InChI is InChI=1S/C26H29N3O3/c1-17(2)18-4-6-20(7-5-18)29(3)21-8-9-22-19(14-21)10-13-28-24(22)16-32-25-15-27-12-11-23(25)26(30)31/h4-9,11-12,14-15,17,24,28H,10,13,16H2,1-3H3,(H,30,31)/t24-/m1/s1. The van der Waals surface area contributed by atoms with Crippen molar-refractivity contribution in [2.24, 2.45) is 0 Å². The molecule has 166 valence electrons. The predicted octanol–water partition coefficient (Wildman–Crippen LogP) is 4.94. The van der Waals surface area contributed by atoms with Gasteiger partial charge in [0, 0.05) is 24.6 Å². The van der Waals surface area contributed by atoms with Crippen LogP contribution in [-0.4, -0.2) is 36.3 Å². The molecule has 0 saturated carbocycles. The zero-order valence-corrected chi connectivity index (χ0v) is 18.7. The summed E-state index contributed by atoms with van der Waals surface area (Å²) in [5.74, 6) is -0.216. The average Bonchev–Trinajstić information content (AvgIpc) is 2.82. The van der Waals surface area contributed by atoms with Gasteiger partial charge in [0.05, 0.1) is 12.2 Å². The molecular weight excluding hydrogens is 402 g/mol. The third-order valence-corrected chi connectivity index (χ3v) is 6.04. The van der Waals surface area contributed by atoms with Gasteiger partial charge in [0.2, 0.25) is 0 Å². The van der Waals surface area contributed by atoms with Gasteiger partial charge in [-0.15, -0.1) is 0 Å².